The molecule has 2 rings (SSSR count). The van der Waals surface area contributed by atoms with Crippen LogP contribution in [0.5, 0.6) is 0 Å². The van der Waals surface area contributed by atoms with Gasteiger partial charge in [-0.25, -0.2) is 4.68 Å². The van der Waals surface area contributed by atoms with E-state index in [1.165, 1.54) is 6.42 Å². The average Bonchev–Trinajstić information content (AvgIpc) is 2.75. The molecule has 1 saturated carbocycles. The fourth-order valence-corrected chi connectivity index (χ4v) is 2.02. The van der Waals surface area contributed by atoms with Crippen LogP contribution in [0.1, 0.15) is 50.5 Å². The molecule has 0 amide bonds. The van der Waals surface area contributed by atoms with E-state index in [1.807, 2.05) is 4.68 Å². The summed E-state index contributed by atoms with van der Waals surface area (Å²) in [7, 11) is 0. The van der Waals surface area contributed by atoms with Gasteiger partial charge < -0.3 is 0 Å². The van der Waals surface area contributed by atoms with Gasteiger partial charge in [0, 0.05) is 0 Å². The molecule has 1 aliphatic rings. The van der Waals surface area contributed by atoms with Crippen LogP contribution >= 0.6 is 0 Å². The first-order valence-corrected chi connectivity index (χ1v) is 5.46. The summed E-state index contributed by atoms with van der Waals surface area (Å²) >= 11 is 0. The van der Waals surface area contributed by atoms with Crippen LogP contribution in [0.4, 0.5) is 0 Å². The molecule has 1 heterocycles. The van der Waals surface area contributed by atoms with Gasteiger partial charge in [-0.3, -0.25) is 0 Å². The Bertz CT molecular complexity index is 399. The fourth-order valence-electron chi connectivity index (χ4n) is 2.02. The van der Waals surface area contributed by atoms with E-state index >= 15 is 0 Å². The number of aromatic nitrogens is 3. The Kier molecular flexibility index (Phi) is 2.47. The van der Waals surface area contributed by atoms with Gasteiger partial charge in [0.15, 0.2) is 0 Å². The molecule has 1 aliphatic carbocycles. The molecule has 0 saturated heterocycles. The lowest BCUT2D eigenvalue weighted by atomic mass is 10.1. The van der Waals surface area contributed by atoms with E-state index in [0.29, 0.717) is 24.3 Å². The Morgan fingerprint density at radius 3 is 2.73 bits per heavy atom. The zero-order chi connectivity index (χ0) is 11.0. The van der Waals surface area contributed by atoms with Gasteiger partial charge in [-0.15, -0.1) is 5.10 Å². The minimum absolute atomic E-state index is 0.370. The second kappa shape index (κ2) is 3.65. The maximum absolute atomic E-state index is 8.71. The molecule has 0 aromatic carbocycles. The summed E-state index contributed by atoms with van der Waals surface area (Å²) < 4.78 is 2.03. The van der Waals surface area contributed by atoms with Crippen molar-refractivity contribution in [2.45, 2.75) is 45.6 Å². The predicted molar refractivity (Wildman–Crippen MR) is 56.2 cm³/mol. The van der Waals surface area contributed by atoms with Crippen molar-refractivity contribution < 1.29 is 0 Å². The van der Waals surface area contributed by atoms with Crippen LogP contribution in [-0.2, 0) is 6.42 Å². The van der Waals surface area contributed by atoms with Gasteiger partial charge >= 0.3 is 0 Å². The Morgan fingerprint density at radius 1 is 1.60 bits per heavy atom. The summed E-state index contributed by atoms with van der Waals surface area (Å²) in [6.07, 6.45) is 1.56. The second-order valence-corrected chi connectivity index (χ2v) is 4.64. The van der Waals surface area contributed by atoms with E-state index < -0.39 is 0 Å². The van der Waals surface area contributed by atoms with Crippen molar-refractivity contribution in [3.63, 3.8) is 0 Å². The highest BCUT2D eigenvalue weighted by Crippen LogP contribution is 2.43. The molecule has 1 aromatic heterocycles. The van der Waals surface area contributed by atoms with Crippen molar-refractivity contribution >= 4 is 0 Å². The fraction of sp³-hybridized carbons (Fsp3) is 0.727. The molecule has 15 heavy (non-hydrogen) atoms. The van der Waals surface area contributed by atoms with Crippen molar-refractivity contribution in [2.24, 2.45) is 5.92 Å². The predicted octanol–water partition coefficient (Wildman–Crippen LogP) is 2.05. The molecule has 0 N–H and O–H groups in total. The smallest absolute Gasteiger partial charge is 0.100 e. The van der Waals surface area contributed by atoms with Gasteiger partial charge in [0.25, 0.3) is 0 Å². The van der Waals surface area contributed by atoms with Gasteiger partial charge in [0.1, 0.15) is 5.69 Å². The molecule has 80 valence electrons. The highest BCUT2D eigenvalue weighted by atomic mass is 15.5. The Morgan fingerprint density at radius 2 is 2.27 bits per heavy atom. The quantitative estimate of drug-likeness (QED) is 0.757. The number of hydrogen-bond acceptors (Lipinski definition) is 3. The summed E-state index contributed by atoms with van der Waals surface area (Å²) in [5, 5.41) is 17.0. The largest absolute Gasteiger partial charge is 0.245 e. The minimum atomic E-state index is 0.370. The van der Waals surface area contributed by atoms with E-state index in [1.54, 1.807) is 0 Å². The zero-order valence-corrected chi connectivity index (χ0v) is 9.44. The molecule has 1 aromatic rings. The van der Waals surface area contributed by atoms with Crippen molar-refractivity contribution in [1.82, 2.24) is 15.0 Å². The lowest BCUT2D eigenvalue weighted by molar-refractivity contribution is 0.541. The highest BCUT2D eigenvalue weighted by molar-refractivity contribution is 5.19. The monoisotopic (exact) mass is 204 g/mol. The van der Waals surface area contributed by atoms with Crippen LogP contribution in [0.2, 0.25) is 0 Å². The molecule has 0 radical (unpaired) electrons. The van der Waals surface area contributed by atoms with Crippen molar-refractivity contribution in [1.29, 1.82) is 5.26 Å². The third-order valence-corrected chi connectivity index (χ3v) is 2.98. The van der Waals surface area contributed by atoms with Gasteiger partial charge in [0.2, 0.25) is 0 Å². The molecule has 2 unspecified atom stereocenters. The van der Waals surface area contributed by atoms with Crippen LogP contribution < -0.4 is 0 Å². The van der Waals surface area contributed by atoms with Crippen molar-refractivity contribution in [3.05, 3.63) is 11.4 Å². The summed E-state index contributed by atoms with van der Waals surface area (Å²) in [6.45, 7) is 6.48. The maximum atomic E-state index is 8.71. The molecule has 1 fully saturated rings. The lowest BCUT2D eigenvalue weighted by Crippen LogP contribution is -2.06. The lowest BCUT2D eigenvalue weighted by Gasteiger charge is -2.09. The summed E-state index contributed by atoms with van der Waals surface area (Å²) in [5.74, 6) is 1.09. The van der Waals surface area contributed by atoms with Gasteiger partial charge in [0.05, 0.1) is 24.2 Å². The molecular formula is C11H16N4. The third-order valence-electron chi connectivity index (χ3n) is 2.98. The van der Waals surface area contributed by atoms with Crippen LogP contribution in [0.25, 0.3) is 0 Å². The van der Waals surface area contributed by atoms with Crippen LogP contribution in [0, 0.1) is 17.2 Å². The summed E-state index contributed by atoms with van der Waals surface area (Å²) in [5.41, 5.74) is 2.00. The second-order valence-electron chi connectivity index (χ2n) is 4.64. The molecule has 0 spiro atoms. The first-order valence-electron chi connectivity index (χ1n) is 5.46. The van der Waals surface area contributed by atoms with E-state index in [9.17, 15) is 0 Å². The summed E-state index contributed by atoms with van der Waals surface area (Å²) in [6, 6.07) is 2.66. The molecule has 0 bridgehead atoms. The Balaban J connectivity index is 2.35. The van der Waals surface area contributed by atoms with Crippen LogP contribution in [-0.4, -0.2) is 15.0 Å². The first kappa shape index (κ1) is 10.2. The van der Waals surface area contributed by atoms with Crippen LogP contribution in [0.3, 0.4) is 0 Å². The number of nitrogens with zero attached hydrogens (tertiary/aromatic N) is 4. The van der Waals surface area contributed by atoms with Gasteiger partial charge in [-0.2, -0.15) is 5.26 Å². The highest BCUT2D eigenvalue weighted by Gasteiger charge is 2.37. The first-order chi connectivity index (χ1) is 7.15. The Labute approximate surface area is 89.9 Å². The van der Waals surface area contributed by atoms with E-state index in [0.717, 1.165) is 11.4 Å². The Hall–Kier alpha value is -1.37. The third kappa shape index (κ3) is 1.74. The number of hydrogen-bond donors (Lipinski definition) is 0. The zero-order valence-electron chi connectivity index (χ0n) is 9.44. The van der Waals surface area contributed by atoms with Gasteiger partial charge in [-0.05, 0) is 18.3 Å². The van der Waals surface area contributed by atoms with Crippen LogP contribution in [0.15, 0.2) is 0 Å². The summed E-state index contributed by atoms with van der Waals surface area (Å²) in [4.78, 5) is 0. The average molecular weight is 204 g/mol. The molecule has 4 nitrogen and oxygen atoms in total. The molecule has 4 heteroatoms. The standard InChI is InChI=1S/C11H16N4/c1-7(2)11-9(4-5-12)13-14-15(11)10-6-8(10)3/h7-8,10H,4,6H2,1-3H3. The minimum Gasteiger partial charge on any atom is -0.245 e. The molecule has 0 aliphatic heterocycles. The topological polar surface area (TPSA) is 54.5 Å². The van der Waals surface area contributed by atoms with Crippen molar-refractivity contribution in [3.8, 4) is 6.07 Å². The van der Waals surface area contributed by atoms with E-state index in [4.69, 9.17) is 5.26 Å². The maximum Gasteiger partial charge on any atom is 0.100 e. The van der Waals surface area contributed by atoms with Crippen molar-refractivity contribution in [2.75, 3.05) is 0 Å². The SMILES string of the molecule is CC(C)c1c(CC#N)nnn1C1CC1C. The molecular weight excluding hydrogens is 188 g/mol. The molecule has 2 atom stereocenters. The normalized spacial score (nSPS) is 24.2. The number of rotatable bonds is 3. The number of nitriles is 1. The van der Waals surface area contributed by atoms with E-state index in [2.05, 4.69) is 37.2 Å². The van der Waals surface area contributed by atoms with Gasteiger partial charge in [-0.1, -0.05) is 26.0 Å². The van der Waals surface area contributed by atoms with E-state index in [-0.39, 0.29) is 0 Å².